The van der Waals surface area contributed by atoms with Crippen molar-refractivity contribution in [2.24, 2.45) is 0 Å². The summed E-state index contributed by atoms with van der Waals surface area (Å²) in [4.78, 5) is 1.46. The number of hydrogen-bond donors (Lipinski definition) is 0. The molecule has 2 radical (unpaired) electrons. The van der Waals surface area contributed by atoms with Crippen LogP contribution in [0.5, 0.6) is 0 Å². The molecule has 0 aliphatic rings. The lowest BCUT2D eigenvalue weighted by Gasteiger charge is -2.12. The van der Waals surface area contributed by atoms with Crippen molar-refractivity contribution in [3.05, 3.63) is 12.8 Å². The Morgan fingerprint density at radius 1 is 1.80 bits per heavy atom. The van der Waals surface area contributed by atoms with E-state index in [1.807, 2.05) is 0 Å². The molecule has 0 saturated heterocycles. The second kappa shape index (κ2) is 5.33. The zero-order valence-electron chi connectivity index (χ0n) is 6.39. The zero-order chi connectivity index (χ0) is 7.98. The van der Waals surface area contributed by atoms with Crippen molar-refractivity contribution in [2.45, 2.75) is 25.9 Å². The summed E-state index contributed by atoms with van der Waals surface area (Å²) < 4.78 is 12.2. The molecule has 56 valence electrons. The van der Waals surface area contributed by atoms with Crippen LogP contribution in [0.25, 0.3) is 0 Å². The molecule has 0 aromatic carbocycles. The Morgan fingerprint density at radius 2 is 2.40 bits per heavy atom. The van der Waals surface area contributed by atoms with E-state index in [2.05, 4.69) is 6.58 Å². The van der Waals surface area contributed by atoms with E-state index in [0.717, 1.165) is 6.42 Å². The first kappa shape index (κ1) is 9.53. The van der Waals surface area contributed by atoms with Gasteiger partial charge in [0.1, 0.15) is 0 Å². The zero-order valence-corrected chi connectivity index (χ0v) is 6.39. The maximum atomic E-state index is 12.2. The maximum Gasteiger partial charge on any atom is 0.225 e. The van der Waals surface area contributed by atoms with Gasteiger partial charge in [-0.15, -0.1) is 0 Å². The van der Waals surface area contributed by atoms with E-state index in [4.69, 9.17) is 7.98 Å². The van der Waals surface area contributed by atoms with Crippen molar-refractivity contribution in [3.63, 3.8) is 0 Å². The summed E-state index contributed by atoms with van der Waals surface area (Å²) in [5.74, 6) is 0. The lowest BCUT2D eigenvalue weighted by Crippen LogP contribution is -2.14. The molecule has 0 aromatic heterocycles. The van der Waals surface area contributed by atoms with Crippen LogP contribution in [-0.2, 0) is 0 Å². The van der Waals surface area contributed by atoms with Gasteiger partial charge in [-0.1, -0.05) is 6.58 Å². The Hall–Kier alpha value is -0.465. The SMILES string of the molecule is [B]N(C=C)CCCC(C)F. The van der Waals surface area contributed by atoms with Crippen molar-refractivity contribution in [1.82, 2.24) is 4.81 Å². The summed E-state index contributed by atoms with van der Waals surface area (Å²) in [7, 11) is 5.35. The molecule has 0 N–H and O–H groups in total. The van der Waals surface area contributed by atoms with Gasteiger partial charge < -0.3 is 4.81 Å². The fraction of sp³-hybridized carbons (Fsp3) is 0.714. The van der Waals surface area contributed by atoms with Gasteiger partial charge in [0.2, 0.25) is 7.98 Å². The van der Waals surface area contributed by atoms with Crippen LogP contribution in [0.1, 0.15) is 19.8 Å². The molecule has 3 heteroatoms. The molecule has 10 heavy (non-hydrogen) atoms. The quantitative estimate of drug-likeness (QED) is 0.526. The van der Waals surface area contributed by atoms with Crippen LogP contribution in [0.3, 0.4) is 0 Å². The molecule has 0 bridgehead atoms. The van der Waals surface area contributed by atoms with Gasteiger partial charge in [-0.3, -0.25) is 0 Å². The van der Waals surface area contributed by atoms with Gasteiger partial charge in [-0.2, -0.15) is 0 Å². The topological polar surface area (TPSA) is 3.24 Å². The number of alkyl halides is 1. The van der Waals surface area contributed by atoms with Gasteiger partial charge in [-0.25, -0.2) is 4.39 Å². The smallest absolute Gasteiger partial charge is 0.225 e. The van der Waals surface area contributed by atoms with Crippen molar-refractivity contribution in [3.8, 4) is 0 Å². The molecule has 0 aliphatic carbocycles. The van der Waals surface area contributed by atoms with E-state index in [1.54, 1.807) is 6.92 Å². The molecule has 1 unspecified atom stereocenters. The highest BCUT2D eigenvalue weighted by molar-refractivity contribution is 6.05. The first-order chi connectivity index (χ1) is 4.66. The van der Waals surface area contributed by atoms with E-state index in [1.165, 1.54) is 11.0 Å². The Morgan fingerprint density at radius 3 is 2.80 bits per heavy atom. The molecule has 0 aliphatic heterocycles. The normalized spacial score (nSPS) is 12.6. The number of hydrogen-bond acceptors (Lipinski definition) is 1. The first-order valence-electron chi connectivity index (χ1n) is 3.44. The average molecular weight is 141 g/mol. The summed E-state index contributed by atoms with van der Waals surface area (Å²) in [5, 5.41) is 0. The van der Waals surface area contributed by atoms with E-state index in [-0.39, 0.29) is 0 Å². The molecule has 0 rings (SSSR count). The molecule has 1 nitrogen and oxygen atoms in total. The third-order valence-corrected chi connectivity index (χ3v) is 1.25. The molecule has 0 amide bonds. The van der Waals surface area contributed by atoms with Crippen LogP contribution in [-0.4, -0.2) is 25.5 Å². The van der Waals surface area contributed by atoms with Gasteiger partial charge in [0, 0.05) is 6.54 Å². The monoisotopic (exact) mass is 141 g/mol. The van der Waals surface area contributed by atoms with Crippen molar-refractivity contribution < 1.29 is 4.39 Å². The molecule has 0 fully saturated rings. The highest BCUT2D eigenvalue weighted by atomic mass is 19.1. The Kier molecular flexibility index (Phi) is 5.08. The number of rotatable bonds is 5. The molecule has 0 spiro atoms. The van der Waals surface area contributed by atoms with Gasteiger partial charge in [-0.05, 0) is 26.0 Å². The fourth-order valence-electron chi connectivity index (χ4n) is 0.646. The number of halogens is 1. The molecular formula is C7H13BFN. The van der Waals surface area contributed by atoms with Gasteiger partial charge >= 0.3 is 0 Å². The van der Waals surface area contributed by atoms with E-state index in [0.29, 0.717) is 13.0 Å². The lowest BCUT2D eigenvalue weighted by molar-refractivity contribution is 0.327. The highest BCUT2D eigenvalue weighted by Crippen LogP contribution is 2.00. The van der Waals surface area contributed by atoms with E-state index >= 15 is 0 Å². The maximum absolute atomic E-state index is 12.2. The first-order valence-corrected chi connectivity index (χ1v) is 3.44. The predicted molar refractivity (Wildman–Crippen MR) is 42.5 cm³/mol. The van der Waals surface area contributed by atoms with Crippen LogP contribution >= 0.6 is 0 Å². The minimum atomic E-state index is -0.724. The van der Waals surface area contributed by atoms with Crippen LogP contribution < -0.4 is 0 Å². The summed E-state index contributed by atoms with van der Waals surface area (Å²) >= 11 is 0. The second-order valence-electron chi connectivity index (χ2n) is 2.34. The Bertz CT molecular complexity index is 95.6. The Balaban J connectivity index is 3.11. The molecule has 0 saturated carbocycles. The minimum Gasteiger partial charge on any atom is -0.431 e. The molecule has 1 atom stereocenters. The lowest BCUT2D eigenvalue weighted by atomic mass is 10.2. The van der Waals surface area contributed by atoms with Crippen LogP contribution in [0.4, 0.5) is 4.39 Å². The standard InChI is InChI=1S/C7H13BFN/c1-3-10(8)6-4-5-7(2)9/h3,7H,1,4-6H2,2H3. The molecular weight excluding hydrogens is 128 g/mol. The second-order valence-corrected chi connectivity index (χ2v) is 2.34. The van der Waals surface area contributed by atoms with Gasteiger partial charge in [0.15, 0.2) is 0 Å². The number of nitrogens with zero attached hydrogens (tertiary/aromatic N) is 1. The van der Waals surface area contributed by atoms with Gasteiger partial charge in [0.25, 0.3) is 0 Å². The molecule has 0 aromatic rings. The Labute approximate surface area is 63.3 Å². The third kappa shape index (κ3) is 5.67. The third-order valence-electron chi connectivity index (χ3n) is 1.25. The highest BCUT2D eigenvalue weighted by Gasteiger charge is 1.97. The van der Waals surface area contributed by atoms with Crippen LogP contribution in [0, 0.1) is 0 Å². The minimum absolute atomic E-state index is 0.571. The summed E-state index contributed by atoms with van der Waals surface area (Å²) in [6.07, 6.45) is 2.16. The van der Waals surface area contributed by atoms with Crippen molar-refractivity contribution in [2.75, 3.05) is 6.54 Å². The van der Waals surface area contributed by atoms with Crippen LogP contribution in [0.2, 0.25) is 0 Å². The van der Waals surface area contributed by atoms with Crippen LogP contribution in [0.15, 0.2) is 12.8 Å². The predicted octanol–water partition coefficient (Wildman–Crippen LogP) is 1.65. The van der Waals surface area contributed by atoms with Crippen molar-refractivity contribution >= 4 is 7.98 Å². The van der Waals surface area contributed by atoms with E-state index in [9.17, 15) is 4.39 Å². The summed E-state index contributed by atoms with van der Waals surface area (Å²) in [6.45, 7) is 5.69. The van der Waals surface area contributed by atoms with E-state index < -0.39 is 6.17 Å². The van der Waals surface area contributed by atoms with Gasteiger partial charge in [0.05, 0.1) is 6.17 Å². The summed E-state index contributed by atoms with van der Waals surface area (Å²) in [6, 6.07) is 0. The summed E-state index contributed by atoms with van der Waals surface area (Å²) in [5.41, 5.74) is 0. The fourth-order valence-corrected chi connectivity index (χ4v) is 0.646. The molecule has 0 heterocycles. The average Bonchev–Trinajstić information content (AvgIpc) is 1.87. The largest absolute Gasteiger partial charge is 0.431 e. The van der Waals surface area contributed by atoms with Crippen molar-refractivity contribution in [1.29, 1.82) is 0 Å².